The molecule has 0 aliphatic carbocycles. The third-order valence-corrected chi connectivity index (χ3v) is 3.03. The third-order valence-electron chi connectivity index (χ3n) is 2.73. The molecule has 7 heteroatoms. The zero-order valence-corrected chi connectivity index (χ0v) is 11.3. The lowest BCUT2D eigenvalue weighted by atomic mass is 10.1. The molecule has 0 atom stereocenters. The Morgan fingerprint density at radius 2 is 2.26 bits per heavy atom. The highest BCUT2D eigenvalue weighted by Gasteiger charge is 2.14. The van der Waals surface area contributed by atoms with E-state index in [4.69, 9.17) is 11.6 Å². The van der Waals surface area contributed by atoms with Gasteiger partial charge in [0.1, 0.15) is 5.02 Å². The molecule has 19 heavy (non-hydrogen) atoms. The molecule has 0 saturated heterocycles. The molecule has 1 heterocycles. The molecule has 2 rings (SSSR count). The Labute approximate surface area is 115 Å². The second-order valence-electron chi connectivity index (χ2n) is 4.25. The largest absolute Gasteiger partial charge is 0.381 e. The van der Waals surface area contributed by atoms with Crippen LogP contribution in [0.15, 0.2) is 24.5 Å². The smallest absolute Gasteiger partial charge is 0.288 e. The average molecular weight is 281 g/mol. The van der Waals surface area contributed by atoms with Gasteiger partial charge in [0.2, 0.25) is 0 Å². The summed E-state index contributed by atoms with van der Waals surface area (Å²) < 4.78 is 1.71. The van der Waals surface area contributed by atoms with Crippen molar-refractivity contribution in [2.75, 3.05) is 5.32 Å². The molecule has 0 spiro atoms. The molecule has 0 amide bonds. The Morgan fingerprint density at radius 1 is 1.53 bits per heavy atom. The number of nitro groups is 1. The van der Waals surface area contributed by atoms with Gasteiger partial charge in [0.15, 0.2) is 0 Å². The molecule has 1 aromatic heterocycles. The molecule has 0 saturated carbocycles. The molecular weight excluding hydrogens is 268 g/mol. The molecular formula is C12H13ClN4O2. The molecule has 1 aromatic carbocycles. The third kappa shape index (κ3) is 3.03. The van der Waals surface area contributed by atoms with Gasteiger partial charge < -0.3 is 5.32 Å². The van der Waals surface area contributed by atoms with E-state index in [1.165, 1.54) is 6.07 Å². The van der Waals surface area contributed by atoms with Crippen molar-refractivity contribution >= 4 is 23.0 Å². The highest BCUT2D eigenvalue weighted by molar-refractivity contribution is 6.33. The number of nitro benzene ring substituents is 1. The van der Waals surface area contributed by atoms with Gasteiger partial charge in [-0.2, -0.15) is 5.10 Å². The van der Waals surface area contributed by atoms with E-state index in [9.17, 15) is 10.1 Å². The van der Waals surface area contributed by atoms with Crippen LogP contribution in [0.3, 0.4) is 0 Å². The molecule has 0 fully saturated rings. The number of hydrogen-bond donors (Lipinski definition) is 1. The number of halogens is 1. The summed E-state index contributed by atoms with van der Waals surface area (Å²) in [6.07, 6.45) is 3.66. The number of rotatable bonds is 4. The maximum Gasteiger partial charge on any atom is 0.288 e. The highest BCUT2D eigenvalue weighted by Crippen LogP contribution is 2.30. The fourth-order valence-corrected chi connectivity index (χ4v) is 1.99. The van der Waals surface area contributed by atoms with Crippen LogP contribution in [0.5, 0.6) is 0 Å². The summed E-state index contributed by atoms with van der Waals surface area (Å²) in [7, 11) is 1.84. The van der Waals surface area contributed by atoms with Crippen LogP contribution >= 0.6 is 11.6 Å². The highest BCUT2D eigenvalue weighted by atomic mass is 35.5. The van der Waals surface area contributed by atoms with Gasteiger partial charge in [-0.25, -0.2) is 0 Å². The number of aromatic nitrogens is 2. The van der Waals surface area contributed by atoms with E-state index in [-0.39, 0.29) is 10.7 Å². The van der Waals surface area contributed by atoms with Crippen molar-refractivity contribution in [1.82, 2.24) is 9.78 Å². The number of aryl methyl sites for hydroxylation is 2. The van der Waals surface area contributed by atoms with Crippen LogP contribution in [0, 0.1) is 17.0 Å². The Morgan fingerprint density at radius 3 is 2.84 bits per heavy atom. The van der Waals surface area contributed by atoms with E-state index in [0.29, 0.717) is 6.54 Å². The second-order valence-corrected chi connectivity index (χ2v) is 4.66. The van der Waals surface area contributed by atoms with Crippen LogP contribution in [-0.4, -0.2) is 14.7 Å². The maximum absolute atomic E-state index is 10.8. The molecule has 0 unspecified atom stereocenters. The summed E-state index contributed by atoms with van der Waals surface area (Å²) in [5.41, 5.74) is 2.50. The van der Waals surface area contributed by atoms with Crippen molar-refractivity contribution in [2.24, 2.45) is 7.05 Å². The fourth-order valence-electron chi connectivity index (χ4n) is 1.76. The van der Waals surface area contributed by atoms with Crippen LogP contribution in [0.4, 0.5) is 11.4 Å². The van der Waals surface area contributed by atoms with Gasteiger partial charge >= 0.3 is 0 Å². The summed E-state index contributed by atoms with van der Waals surface area (Å²) in [5, 5.41) is 18.1. The first-order valence-electron chi connectivity index (χ1n) is 5.63. The lowest BCUT2D eigenvalue weighted by Crippen LogP contribution is -2.01. The summed E-state index contributed by atoms with van der Waals surface area (Å²) in [6, 6.07) is 3.04. The quantitative estimate of drug-likeness (QED) is 0.690. The van der Waals surface area contributed by atoms with Crippen molar-refractivity contribution in [3.63, 3.8) is 0 Å². The molecule has 2 aromatic rings. The second kappa shape index (κ2) is 5.27. The molecule has 1 N–H and O–H groups in total. The minimum Gasteiger partial charge on any atom is -0.381 e. The minimum absolute atomic E-state index is 0.0777. The van der Waals surface area contributed by atoms with Crippen molar-refractivity contribution in [2.45, 2.75) is 13.5 Å². The number of anilines is 1. The Bertz CT molecular complexity index is 624. The van der Waals surface area contributed by atoms with E-state index in [1.807, 2.05) is 13.2 Å². The van der Waals surface area contributed by atoms with E-state index >= 15 is 0 Å². The average Bonchev–Trinajstić information content (AvgIpc) is 2.75. The monoisotopic (exact) mass is 280 g/mol. The van der Waals surface area contributed by atoms with Crippen LogP contribution in [0.25, 0.3) is 0 Å². The zero-order valence-electron chi connectivity index (χ0n) is 10.6. The molecule has 0 radical (unpaired) electrons. The molecule has 100 valence electrons. The van der Waals surface area contributed by atoms with Crippen molar-refractivity contribution < 1.29 is 4.92 Å². The summed E-state index contributed by atoms with van der Waals surface area (Å²) >= 11 is 5.88. The van der Waals surface area contributed by atoms with Gasteiger partial charge in [0.25, 0.3) is 5.69 Å². The van der Waals surface area contributed by atoms with Crippen molar-refractivity contribution in [3.05, 3.63) is 50.8 Å². The predicted molar refractivity (Wildman–Crippen MR) is 73.4 cm³/mol. The number of hydrogen-bond acceptors (Lipinski definition) is 4. The first kappa shape index (κ1) is 13.4. The van der Waals surface area contributed by atoms with Crippen molar-refractivity contribution in [1.29, 1.82) is 0 Å². The normalized spacial score (nSPS) is 10.5. The van der Waals surface area contributed by atoms with Gasteiger partial charge in [-0.05, 0) is 18.6 Å². The number of nitrogens with one attached hydrogen (secondary N) is 1. The van der Waals surface area contributed by atoms with Crippen LogP contribution in [-0.2, 0) is 13.6 Å². The molecule has 0 aliphatic rings. The molecule has 0 bridgehead atoms. The van der Waals surface area contributed by atoms with Crippen LogP contribution in [0.2, 0.25) is 5.02 Å². The number of nitrogens with zero attached hydrogens (tertiary/aromatic N) is 3. The summed E-state index contributed by atoms with van der Waals surface area (Å²) in [5.74, 6) is 0. The molecule has 6 nitrogen and oxygen atoms in total. The standard InChI is InChI=1S/C12H13ClN4O2/c1-8-3-12(17(18)19)10(13)4-11(8)14-5-9-6-15-16(2)7-9/h3-4,6-7,14H,5H2,1-2H3. The Kier molecular flexibility index (Phi) is 3.71. The van der Waals surface area contributed by atoms with Crippen molar-refractivity contribution in [3.8, 4) is 0 Å². The SMILES string of the molecule is Cc1cc([N+](=O)[O-])c(Cl)cc1NCc1cnn(C)c1. The summed E-state index contributed by atoms with van der Waals surface area (Å²) in [4.78, 5) is 10.3. The van der Waals surface area contributed by atoms with Crippen LogP contribution < -0.4 is 5.32 Å². The first-order chi connectivity index (χ1) is 8.97. The Balaban J connectivity index is 2.17. The zero-order chi connectivity index (χ0) is 14.0. The lowest BCUT2D eigenvalue weighted by molar-refractivity contribution is -0.384. The van der Waals surface area contributed by atoms with Gasteiger partial charge in [0.05, 0.1) is 11.1 Å². The van der Waals surface area contributed by atoms with E-state index in [1.54, 1.807) is 23.9 Å². The lowest BCUT2D eigenvalue weighted by Gasteiger charge is -2.09. The molecule has 0 aliphatic heterocycles. The van der Waals surface area contributed by atoms with Gasteiger partial charge in [-0.1, -0.05) is 11.6 Å². The Hall–Kier alpha value is -2.08. The topological polar surface area (TPSA) is 73.0 Å². The maximum atomic E-state index is 10.8. The first-order valence-corrected chi connectivity index (χ1v) is 6.01. The van der Waals surface area contributed by atoms with E-state index in [0.717, 1.165) is 16.8 Å². The predicted octanol–water partition coefficient (Wildman–Crippen LogP) is 2.90. The minimum atomic E-state index is -0.486. The van der Waals surface area contributed by atoms with Gasteiger partial charge in [0, 0.05) is 37.1 Å². The van der Waals surface area contributed by atoms with E-state index < -0.39 is 4.92 Å². The van der Waals surface area contributed by atoms with E-state index in [2.05, 4.69) is 10.4 Å². The summed E-state index contributed by atoms with van der Waals surface area (Å²) in [6.45, 7) is 2.39. The fraction of sp³-hybridized carbons (Fsp3) is 0.250. The van der Waals surface area contributed by atoms with Crippen LogP contribution in [0.1, 0.15) is 11.1 Å². The number of benzene rings is 1. The van der Waals surface area contributed by atoms with Gasteiger partial charge in [-0.3, -0.25) is 14.8 Å². The van der Waals surface area contributed by atoms with Gasteiger partial charge in [-0.15, -0.1) is 0 Å².